The Balaban J connectivity index is 1.29. The highest BCUT2D eigenvalue weighted by Crippen LogP contribution is 2.32. The predicted octanol–water partition coefficient (Wildman–Crippen LogP) is 5.51. The molecule has 1 aliphatic rings. The van der Waals surface area contributed by atoms with E-state index in [0.717, 1.165) is 22.7 Å². The summed E-state index contributed by atoms with van der Waals surface area (Å²) < 4.78 is 40.4. The lowest BCUT2D eigenvalue weighted by Gasteiger charge is -2.30. The van der Waals surface area contributed by atoms with Crippen LogP contribution >= 0.6 is 11.3 Å². The minimum absolute atomic E-state index is 0.222. The molecule has 0 saturated carbocycles. The van der Waals surface area contributed by atoms with Crippen molar-refractivity contribution in [3.8, 4) is 0 Å². The Bertz CT molecular complexity index is 1380. The lowest BCUT2D eigenvalue weighted by molar-refractivity contribution is -0.137. The van der Waals surface area contributed by atoms with Crippen LogP contribution in [-0.2, 0) is 25.7 Å². The van der Waals surface area contributed by atoms with E-state index in [0.29, 0.717) is 42.1 Å². The summed E-state index contributed by atoms with van der Waals surface area (Å²) in [6.07, 6.45) is -1.48. The largest absolute Gasteiger partial charge is 0.417 e. The van der Waals surface area contributed by atoms with Gasteiger partial charge in [0.25, 0.3) is 5.91 Å². The van der Waals surface area contributed by atoms with Crippen molar-refractivity contribution in [1.29, 1.82) is 0 Å². The number of hydrogen-bond donors (Lipinski definition) is 1. The fourth-order valence-corrected chi connectivity index (χ4v) is 5.19. The monoisotopic (exact) mass is 482 g/mol. The molecule has 5 rings (SSSR count). The van der Waals surface area contributed by atoms with Crippen molar-refractivity contribution in [2.45, 2.75) is 32.6 Å². The summed E-state index contributed by atoms with van der Waals surface area (Å²) in [6, 6.07) is 11.0. The maximum absolute atomic E-state index is 13.1. The number of amides is 1. The third-order valence-corrected chi connectivity index (χ3v) is 6.99. The number of carbonyl (C=O) groups is 1. The Morgan fingerprint density at radius 3 is 2.79 bits per heavy atom. The number of pyridine rings is 2. The molecule has 4 heterocycles. The summed E-state index contributed by atoms with van der Waals surface area (Å²) in [5, 5.41) is 6.13. The summed E-state index contributed by atoms with van der Waals surface area (Å²) in [7, 11) is 0. The van der Waals surface area contributed by atoms with Crippen LogP contribution in [0.3, 0.4) is 0 Å². The quantitative estimate of drug-likeness (QED) is 0.417. The number of anilines is 1. The van der Waals surface area contributed by atoms with Gasteiger partial charge in [0.2, 0.25) is 0 Å². The van der Waals surface area contributed by atoms with Crippen LogP contribution in [0.5, 0.6) is 0 Å². The smallest absolute Gasteiger partial charge is 0.352 e. The molecule has 1 N–H and O–H groups in total. The number of nitrogens with zero attached hydrogens (tertiary/aromatic N) is 3. The maximum atomic E-state index is 13.1. The lowest BCUT2D eigenvalue weighted by Crippen LogP contribution is -2.32. The molecule has 4 aromatic rings. The number of benzene rings is 1. The van der Waals surface area contributed by atoms with Gasteiger partial charge < -0.3 is 10.2 Å². The van der Waals surface area contributed by atoms with Gasteiger partial charge in [0.1, 0.15) is 5.82 Å². The van der Waals surface area contributed by atoms with E-state index in [1.54, 1.807) is 17.4 Å². The van der Waals surface area contributed by atoms with E-state index in [9.17, 15) is 18.0 Å². The summed E-state index contributed by atoms with van der Waals surface area (Å²) in [5.74, 6) is 0.434. The zero-order valence-corrected chi connectivity index (χ0v) is 19.1. The van der Waals surface area contributed by atoms with Crippen molar-refractivity contribution in [2.24, 2.45) is 0 Å². The van der Waals surface area contributed by atoms with Crippen LogP contribution in [0.2, 0.25) is 0 Å². The molecular formula is C25H21F3N4OS. The van der Waals surface area contributed by atoms with Gasteiger partial charge in [0.05, 0.1) is 11.1 Å². The van der Waals surface area contributed by atoms with Crippen molar-refractivity contribution in [3.05, 3.63) is 87.7 Å². The highest BCUT2D eigenvalue weighted by molar-refractivity contribution is 7.17. The van der Waals surface area contributed by atoms with Gasteiger partial charge in [-0.2, -0.15) is 13.2 Å². The molecule has 174 valence electrons. The fraction of sp³-hybridized carbons (Fsp3) is 0.240. The molecule has 1 amide bonds. The van der Waals surface area contributed by atoms with Gasteiger partial charge in [0, 0.05) is 48.8 Å². The Hall–Kier alpha value is -3.46. The first-order chi connectivity index (χ1) is 16.3. The van der Waals surface area contributed by atoms with Crippen LogP contribution in [-0.4, -0.2) is 22.4 Å². The second kappa shape index (κ2) is 8.72. The first-order valence-electron chi connectivity index (χ1n) is 10.8. The van der Waals surface area contributed by atoms with Gasteiger partial charge >= 0.3 is 6.18 Å². The number of hydrogen-bond acceptors (Lipinski definition) is 5. The number of rotatable bonds is 4. The van der Waals surface area contributed by atoms with E-state index in [4.69, 9.17) is 0 Å². The normalized spacial score (nSPS) is 13.7. The van der Waals surface area contributed by atoms with Gasteiger partial charge in [-0.25, -0.2) is 4.98 Å². The molecule has 0 atom stereocenters. The molecule has 0 spiro atoms. The molecule has 1 aromatic carbocycles. The molecule has 0 radical (unpaired) electrons. The van der Waals surface area contributed by atoms with Gasteiger partial charge in [-0.3, -0.25) is 9.78 Å². The zero-order chi connectivity index (χ0) is 23.9. The number of fused-ring (bicyclic) bond motifs is 2. The van der Waals surface area contributed by atoms with Crippen molar-refractivity contribution in [3.63, 3.8) is 0 Å². The Kier molecular flexibility index (Phi) is 5.73. The minimum Gasteiger partial charge on any atom is -0.352 e. The highest BCUT2D eigenvalue weighted by Gasteiger charge is 2.32. The molecule has 0 bridgehead atoms. The second-order valence-corrected chi connectivity index (χ2v) is 9.21. The lowest BCUT2D eigenvalue weighted by atomic mass is 10.0. The van der Waals surface area contributed by atoms with E-state index in [-0.39, 0.29) is 12.5 Å². The van der Waals surface area contributed by atoms with Gasteiger partial charge in [-0.15, -0.1) is 11.3 Å². The van der Waals surface area contributed by atoms with Crippen LogP contribution in [0.15, 0.2) is 54.2 Å². The summed E-state index contributed by atoms with van der Waals surface area (Å²) >= 11 is 1.64. The van der Waals surface area contributed by atoms with E-state index >= 15 is 0 Å². The molecule has 0 saturated heterocycles. The Morgan fingerprint density at radius 2 is 2.00 bits per heavy atom. The fourth-order valence-electron chi connectivity index (χ4n) is 4.23. The van der Waals surface area contributed by atoms with E-state index < -0.39 is 11.7 Å². The summed E-state index contributed by atoms with van der Waals surface area (Å²) in [6.45, 7) is 3.15. The van der Waals surface area contributed by atoms with Crippen LogP contribution < -0.4 is 10.2 Å². The molecule has 0 aliphatic carbocycles. The van der Waals surface area contributed by atoms with Crippen LogP contribution in [0.25, 0.3) is 10.1 Å². The molecule has 0 fully saturated rings. The van der Waals surface area contributed by atoms with Crippen molar-refractivity contribution in [2.75, 3.05) is 11.4 Å². The molecule has 1 aliphatic heterocycles. The minimum atomic E-state index is -4.43. The van der Waals surface area contributed by atoms with Crippen molar-refractivity contribution >= 4 is 33.1 Å². The van der Waals surface area contributed by atoms with Gasteiger partial charge in [-0.05, 0) is 52.6 Å². The molecule has 3 aromatic heterocycles. The molecule has 5 nitrogen and oxygen atoms in total. The summed E-state index contributed by atoms with van der Waals surface area (Å²) in [4.78, 5) is 23.2. The van der Waals surface area contributed by atoms with Gasteiger partial charge in [0.15, 0.2) is 0 Å². The highest BCUT2D eigenvalue weighted by atomic mass is 32.1. The zero-order valence-electron chi connectivity index (χ0n) is 18.3. The summed E-state index contributed by atoms with van der Waals surface area (Å²) in [5.41, 5.74) is 2.78. The number of alkyl halides is 3. The second-order valence-electron chi connectivity index (χ2n) is 8.30. The Morgan fingerprint density at radius 1 is 1.18 bits per heavy atom. The van der Waals surface area contributed by atoms with Crippen molar-refractivity contribution < 1.29 is 18.0 Å². The number of nitrogens with one attached hydrogen (secondary N) is 1. The first-order valence-corrected chi connectivity index (χ1v) is 11.7. The Labute approximate surface area is 198 Å². The molecule has 0 unspecified atom stereocenters. The molecular weight excluding hydrogens is 461 g/mol. The van der Waals surface area contributed by atoms with E-state index in [1.807, 2.05) is 35.4 Å². The van der Waals surface area contributed by atoms with E-state index in [2.05, 4.69) is 21.4 Å². The third kappa shape index (κ3) is 4.35. The number of aryl methyl sites for hydroxylation is 1. The van der Waals surface area contributed by atoms with Crippen LogP contribution in [0.4, 0.5) is 19.0 Å². The van der Waals surface area contributed by atoms with Crippen LogP contribution in [0, 0.1) is 6.92 Å². The SMILES string of the molecule is Cc1cc(C(=O)NCc2csc3ccccc23)cnc1N1CCc2ncc(C(F)(F)F)cc2C1. The van der Waals surface area contributed by atoms with Crippen molar-refractivity contribution in [1.82, 2.24) is 15.3 Å². The number of aromatic nitrogens is 2. The standard InChI is InChI=1S/C25H21F3N4OS/c1-15-8-16(24(33)31-11-18-14-34-22-5-3-2-4-20(18)22)10-30-23(15)32-7-6-21-17(13-32)9-19(12-29-21)25(26,27)28/h2-5,8-10,12,14H,6-7,11,13H2,1H3,(H,31,33). The average Bonchev–Trinajstić information content (AvgIpc) is 3.24. The first kappa shape index (κ1) is 22.3. The van der Waals surface area contributed by atoms with Gasteiger partial charge in [-0.1, -0.05) is 18.2 Å². The molecule has 34 heavy (non-hydrogen) atoms. The number of halogens is 3. The average molecular weight is 483 g/mol. The van der Waals surface area contributed by atoms with Crippen LogP contribution in [0.1, 0.15) is 38.3 Å². The number of carbonyl (C=O) groups excluding carboxylic acids is 1. The maximum Gasteiger partial charge on any atom is 0.417 e. The third-order valence-electron chi connectivity index (χ3n) is 5.98. The predicted molar refractivity (Wildman–Crippen MR) is 126 cm³/mol. The number of thiophene rings is 1. The molecule has 9 heteroatoms. The topological polar surface area (TPSA) is 58.1 Å². The van der Waals surface area contributed by atoms with E-state index in [1.165, 1.54) is 17.0 Å².